The molecule has 0 radical (unpaired) electrons. The van der Waals surface area contributed by atoms with E-state index in [1.54, 1.807) is 18.5 Å². The second-order valence-corrected chi connectivity index (χ2v) is 5.13. The predicted octanol–water partition coefficient (Wildman–Crippen LogP) is 2.48. The minimum Gasteiger partial charge on any atom is -0.339 e. The lowest BCUT2D eigenvalue weighted by Crippen LogP contribution is -2.46. The van der Waals surface area contributed by atoms with E-state index in [0.717, 1.165) is 36.0 Å². The van der Waals surface area contributed by atoms with Crippen LogP contribution in [-0.4, -0.2) is 33.0 Å². The number of halogens is 1. The van der Waals surface area contributed by atoms with Crippen LogP contribution in [0.3, 0.4) is 0 Å². The lowest BCUT2D eigenvalue weighted by Gasteiger charge is -2.39. The fourth-order valence-electron chi connectivity index (χ4n) is 2.22. The number of hydrogen-bond acceptors (Lipinski definition) is 5. The van der Waals surface area contributed by atoms with Gasteiger partial charge in [-0.1, -0.05) is 18.2 Å². The molecule has 5 nitrogen and oxygen atoms in total. The predicted molar refractivity (Wildman–Crippen MR) is 78.9 cm³/mol. The van der Waals surface area contributed by atoms with Gasteiger partial charge >= 0.3 is 0 Å². The third-order valence-electron chi connectivity index (χ3n) is 3.42. The molecule has 102 valence electrons. The van der Waals surface area contributed by atoms with Gasteiger partial charge in [0.25, 0.3) is 0 Å². The third-order valence-corrected chi connectivity index (χ3v) is 3.71. The minimum atomic E-state index is 0.285. The molecule has 3 heterocycles. The van der Waals surface area contributed by atoms with Crippen LogP contribution in [0.2, 0.25) is 5.15 Å². The topological polar surface area (TPSA) is 54.8 Å². The number of hydrogen-bond donors (Lipinski definition) is 0. The summed E-state index contributed by atoms with van der Waals surface area (Å²) in [5.74, 6) is 1.01. The Balaban J connectivity index is 1.75. The van der Waals surface area contributed by atoms with E-state index >= 15 is 0 Å². The van der Waals surface area contributed by atoms with Gasteiger partial charge in [0, 0.05) is 37.6 Å². The molecule has 1 aliphatic heterocycles. The van der Waals surface area contributed by atoms with Crippen molar-refractivity contribution in [1.82, 2.24) is 19.9 Å². The molecule has 0 atom stereocenters. The molecular weight excluding hydrogens is 274 g/mol. The molecule has 0 spiro atoms. The molecule has 0 aliphatic carbocycles. The Morgan fingerprint density at radius 2 is 2.05 bits per heavy atom. The van der Waals surface area contributed by atoms with Crippen molar-refractivity contribution in [3.8, 4) is 0 Å². The van der Waals surface area contributed by atoms with Crippen LogP contribution >= 0.6 is 11.6 Å². The molecule has 0 N–H and O–H groups in total. The van der Waals surface area contributed by atoms with Gasteiger partial charge < -0.3 is 4.90 Å². The molecule has 0 unspecified atom stereocenters. The normalized spacial score (nSPS) is 15.0. The first kappa shape index (κ1) is 13.0. The van der Waals surface area contributed by atoms with Crippen molar-refractivity contribution in [2.45, 2.75) is 12.8 Å². The van der Waals surface area contributed by atoms with E-state index in [-0.39, 0.29) is 5.92 Å². The quantitative estimate of drug-likeness (QED) is 0.868. The lowest BCUT2D eigenvalue weighted by molar-refractivity contribution is 0.501. The van der Waals surface area contributed by atoms with E-state index in [1.807, 2.05) is 13.1 Å². The maximum Gasteiger partial charge on any atom is 0.225 e. The SMILES string of the molecule is C=Cc1nc(N2CC(c3nccnc3Cl)C2)ncc1C. The summed E-state index contributed by atoms with van der Waals surface area (Å²) in [4.78, 5) is 19.3. The number of anilines is 1. The Labute approximate surface area is 122 Å². The zero-order valence-corrected chi connectivity index (χ0v) is 11.9. The summed E-state index contributed by atoms with van der Waals surface area (Å²) in [5.41, 5.74) is 2.75. The molecule has 0 saturated carbocycles. The summed E-state index contributed by atoms with van der Waals surface area (Å²) in [6.07, 6.45) is 6.84. The molecule has 2 aromatic heterocycles. The maximum absolute atomic E-state index is 6.06. The molecule has 3 rings (SSSR count). The van der Waals surface area contributed by atoms with E-state index in [2.05, 4.69) is 31.4 Å². The van der Waals surface area contributed by atoms with Crippen LogP contribution in [-0.2, 0) is 0 Å². The van der Waals surface area contributed by atoms with Gasteiger partial charge in [0.2, 0.25) is 5.95 Å². The second-order valence-electron chi connectivity index (χ2n) is 4.78. The fourth-order valence-corrected chi connectivity index (χ4v) is 2.48. The largest absolute Gasteiger partial charge is 0.339 e. The first-order valence-corrected chi connectivity index (χ1v) is 6.74. The highest BCUT2D eigenvalue weighted by Gasteiger charge is 2.32. The van der Waals surface area contributed by atoms with Crippen LogP contribution < -0.4 is 4.90 Å². The first-order valence-electron chi connectivity index (χ1n) is 6.36. The zero-order valence-electron chi connectivity index (χ0n) is 11.1. The third kappa shape index (κ3) is 2.25. The standard InChI is InChI=1S/C14H14ClN5/c1-3-11-9(2)6-18-14(19-11)20-7-10(8-20)12-13(15)17-5-4-16-12/h3-6,10H,1,7-8H2,2H3. The molecule has 0 aromatic carbocycles. The van der Waals surface area contributed by atoms with Gasteiger partial charge in [-0.05, 0) is 18.6 Å². The van der Waals surface area contributed by atoms with Gasteiger partial charge in [-0.3, -0.25) is 4.98 Å². The fraction of sp³-hybridized carbons (Fsp3) is 0.286. The monoisotopic (exact) mass is 287 g/mol. The Bertz CT molecular complexity index is 652. The molecule has 2 aromatic rings. The van der Waals surface area contributed by atoms with Crippen molar-refractivity contribution < 1.29 is 0 Å². The number of aryl methyl sites for hydroxylation is 1. The van der Waals surface area contributed by atoms with Crippen molar-refractivity contribution in [3.05, 3.63) is 47.3 Å². The van der Waals surface area contributed by atoms with Gasteiger partial charge in [0.15, 0.2) is 5.15 Å². The molecule has 0 bridgehead atoms. The van der Waals surface area contributed by atoms with Crippen LogP contribution in [0, 0.1) is 6.92 Å². The summed E-state index contributed by atoms with van der Waals surface area (Å²) in [5, 5.41) is 0.480. The summed E-state index contributed by atoms with van der Waals surface area (Å²) in [6, 6.07) is 0. The molecule has 1 fully saturated rings. The van der Waals surface area contributed by atoms with Crippen LogP contribution in [0.25, 0.3) is 6.08 Å². The summed E-state index contributed by atoms with van der Waals surface area (Å²) >= 11 is 6.06. The van der Waals surface area contributed by atoms with Crippen molar-refractivity contribution >= 4 is 23.6 Å². The van der Waals surface area contributed by atoms with Gasteiger partial charge in [-0.2, -0.15) is 0 Å². The average Bonchev–Trinajstić information content (AvgIpc) is 2.41. The van der Waals surface area contributed by atoms with Crippen LogP contribution in [0.5, 0.6) is 0 Å². The summed E-state index contributed by atoms with van der Waals surface area (Å²) in [7, 11) is 0. The molecule has 1 aliphatic rings. The van der Waals surface area contributed by atoms with E-state index in [0.29, 0.717) is 5.15 Å². The van der Waals surface area contributed by atoms with Crippen LogP contribution in [0.1, 0.15) is 22.9 Å². The molecular formula is C14H14ClN5. The highest BCUT2D eigenvalue weighted by molar-refractivity contribution is 6.30. The van der Waals surface area contributed by atoms with E-state index in [9.17, 15) is 0 Å². The number of rotatable bonds is 3. The molecule has 1 saturated heterocycles. The van der Waals surface area contributed by atoms with Crippen molar-refractivity contribution in [3.63, 3.8) is 0 Å². The van der Waals surface area contributed by atoms with Gasteiger partial charge in [0.1, 0.15) is 0 Å². The molecule has 0 amide bonds. The minimum absolute atomic E-state index is 0.285. The Morgan fingerprint density at radius 1 is 1.30 bits per heavy atom. The van der Waals surface area contributed by atoms with E-state index in [1.165, 1.54) is 0 Å². The van der Waals surface area contributed by atoms with E-state index in [4.69, 9.17) is 11.6 Å². The van der Waals surface area contributed by atoms with Gasteiger partial charge in [-0.25, -0.2) is 15.0 Å². The average molecular weight is 288 g/mol. The smallest absolute Gasteiger partial charge is 0.225 e. The van der Waals surface area contributed by atoms with Crippen molar-refractivity contribution in [1.29, 1.82) is 0 Å². The van der Waals surface area contributed by atoms with Crippen molar-refractivity contribution in [2.75, 3.05) is 18.0 Å². The van der Waals surface area contributed by atoms with Gasteiger partial charge in [-0.15, -0.1) is 0 Å². The highest BCUT2D eigenvalue weighted by Crippen LogP contribution is 2.31. The number of nitrogens with zero attached hydrogens (tertiary/aromatic N) is 5. The van der Waals surface area contributed by atoms with Gasteiger partial charge in [0.05, 0.1) is 11.4 Å². The van der Waals surface area contributed by atoms with E-state index < -0.39 is 0 Å². The number of aromatic nitrogens is 4. The second kappa shape index (κ2) is 5.17. The molecule has 20 heavy (non-hydrogen) atoms. The Morgan fingerprint density at radius 3 is 2.75 bits per heavy atom. The van der Waals surface area contributed by atoms with Crippen molar-refractivity contribution in [2.24, 2.45) is 0 Å². The highest BCUT2D eigenvalue weighted by atomic mass is 35.5. The van der Waals surface area contributed by atoms with Crippen LogP contribution in [0.15, 0.2) is 25.2 Å². The molecule has 6 heteroatoms. The maximum atomic E-state index is 6.06. The Hall–Kier alpha value is -2.01. The Kier molecular flexibility index (Phi) is 3.36. The summed E-state index contributed by atoms with van der Waals surface area (Å²) < 4.78 is 0. The van der Waals surface area contributed by atoms with Crippen LogP contribution in [0.4, 0.5) is 5.95 Å². The summed E-state index contributed by atoms with van der Waals surface area (Å²) in [6.45, 7) is 7.34. The first-order chi connectivity index (χ1) is 9.69. The lowest BCUT2D eigenvalue weighted by atomic mass is 9.97. The zero-order chi connectivity index (χ0) is 14.1.